The van der Waals surface area contributed by atoms with E-state index in [0.717, 1.165) is 6.54 Å². The number of nitrogens with zero attached hydrogens (tertiary/aromatic N) is 1. The molecule has 56 valence electrons. The second-order valence-corrected chi connectivity index (χ2v) is 2.65. The van der Waals surface area contributed by atoms with Crippen molar-refractivity contribution in [1.29, 1.82) is 0 Å². The van der Waals surface area contributed by atoms with Crippen LogP contribution in [-0.4, -0.2) is 11.6 Å². The minimum atomic E-state index is 0.949. The molecule has 0 saturated heterocycles. The number of hydrogen-bond donors (Lipinski definition) is 1. The van der Waals surface area contributed by atoms with Gasteiger partial charge in [-0.2, -0.15) is 0 Å². The van der Waals surface area contributed by atoms with E-state index in [0.29, 0.717) is 0 Å². The monoisotopic (exact) mass is 138 g/mol. The minimum absolute atomic E-state index is 0.949. The lowest BCUT2D eigenvalue weighted by Gasteiger charge is -1.99. The molecule has 1 N–H and O–H groups in total. The van der Waals surface area contributed by atoms with Crippen LogP contribution >= 0.6 is 0 Å². The molecule has 1 heterocycles. The quantitative estimate of drug-likeness (QED) is 0.646. The van der Waals surface area contributed by atoms with Gasteiger partial charge in [0.15, 0.2) is 0 Å². The first-order valence-corrected chi connectivity index (χ1v) is 3.50. The molecule has 0 aromatic carbocycles. The van der Waals surface area contributed by atoms with Crippen LogP contribution in [0, 0.1) is 6.92 Å². The van der Waals surface area contributed by atoms with Gasteiger partial charge in [-0.15, -0.1) is 0 Å². The van der Waals surface area contributed by atoms with Crippen molar-refractivity contribution < 1.29 is 0 Å². The van der Waals surface area contributed by atoms with E-state index in [2.05, 4.69) is 36.1 Å². The van der Waals surface area contributed by atoms with Crippen LogP contribution in [-0.2, 0) is 13.6 Å². The molecule has 0 unspecified atom stereocenters. The molecule has 2 nitrogen and oxygen atoms in total. The van der Waals surface area contributed by atoms with Crippen molar-refractivity contribution in [1.82, 2.24) is 9.88 Å². The highest BCUT2D eigenvalue weighted by Crippen LogP contribution is 2.04. The average Bonchev–Trinajstić information content (AvgIpc) is 2.13. The molecule has 0 radical (unpaired) electrons. The molecule has 2 heteroatoms. The maximum atomic E-state index is 3.12. The van der Waals surface area contributed by atoms with E-state index in [9.17, 15) is 0 Å². The predicted octanol–water partition coefficient (Wildman–Crippen LogP) is 1.05. The van der Waals surface area contributed by atoms with E-state index in [1.54, 1.807) is 0 Å². The fraction of sp³-hybridized carbons (Fsp3) is 0.500. The molecule has 1 aromatic rings. The summed E-state index contributed by atoms with van der Waals surface area (Å²) in [6.07, 6.45) is 2.13. The fourth-order valence-corrected chi connectivity index (χ4v) is 1.15. The van der Waals surface area contributed by atoms with Crippen molar-refractivity contribution in [2.75, 3.05) is 7.05 Å². The van der Waals surface area contributed by atoms with Crippen molar-refractivity contribution in [3.63, 3.8) is 0 Å². The molecule has 0 fully saturated rings. The molecule has 1 aromatic heterocycles. The highest BCUT2D eigenvalue weighted by atomic mass is 15.0. The van der Waals surface area contributed by atoms with E-state index >= 15 is 0 Å². The van der Waals surface area contributed by atoms with E-state index in [1.807, 2.05) is 7.05 Å². The Morgan fingerprint density at radius 1 is 1.60 bits per heavy atom. The molecular weight excluding hydrogens is 124 g/mol. The van der Waals surface area contributed by atoms with E-state index in [1.165, 1.54) is 11.3 Å². The molecule has 0 atom stereocenters. The summed E-state index contributed by atoms with van der Waals surface area (Å²) in [7, 11) is 4.03. The van der Waals surface area contributed by atoms with E-state index < -0.39 is 0 Å². The second-order valence-electron chi connectivity index (χ2n) is 2.65. The molecule has 0 spiro atoms. The van der Waals surface area contributed by atoms with Crippen LogP contribution in [0.2, 0.25) is 0 Å². The van der Waals surface area contributed by atoms with E-state index in [4.69, 9.17) is 0 Å². The Morgan fingerprint density at radius 3 is 2.70 bits per heavy atom. The van der Waals surface area contributed by atoms with Crippen molar-refractivity contribution in [3.8, 4) is 0 Å². The van der Waals surface area contributed by atoms with Gasteiger partial charge in [0.2, 0.25) is 0 Å². The molecule has 1 rings (SSSR count). The van der Waals surface area contributed by atoms with Gasteiger partial charge in [-0.05, 0) is 25.6 Å². The normalized spacial score (nSPS) is 10.3. The first-order chi connectivity index (χ1) is 4.74. The molecule has 0 amide bonds. The van der Waals surface area contributed by atoms with Gasteiger partial charge < -0.3 is 9.88 Å². The molecule has 0 bridgehead atoms. The van der Waals surface area contributed by atoms with Crippen LogP contribution in [0.5, 0.6) is 0 Å². The first kappa shape index (κ1) is 7.35. The van der Waals surface area contributed by atoms with Gasteiger partial charge in [0.25, 0.3) is 0 Å². The van der Waals surface area contributed by atoms with Gasteiger partial charge in [-0.3, -0.25) is 0 Å². The Kier molecular flexibility index (Phi) is 2.12. The zero-order chi connectivity index (χ0) is 7.56. The average molecular weight is 138 g/mol. The highest BCUT2D eigenvalue weighted by molar-refractivity contribution is 5.16. The smallest absolute Gasteiger partial charge is 0.0356 e. The van der Waals surface area contributed by atoms with Crippen LogP contribution in [0.25, 0.3) is 0 Å². The maximum Gasteiger partial charge on any atom is 0.0356 e. The maximum absolute atomic E-state index is 3.12. The molecule has 0 aliphatic carbocycles. The van der Waals surface area contributed by atoms with E-state index in [-0.39, 0.29) is 0 Å². The van der Waals surface area contributed by atoms with Gasteiger partial charge in [0.1, 0.15) is 0 Å². The number of hydrogen-bond acceptors (Lipinski definition) is 1. The molecule has 0 saturated carbocycles. The lowest BCUT2D eigenvalue weighted by molar-refractivity contribution is 0.734. The predicted molar refractivity (Wildman–Crippen MR) is 42.9 cm³/mol. The molecular formula is C8H14N2. The molecule has 0 aliphatic heterocycles. The number of rotatable bonds is 2. The highest BCUT2D eigenvalue weighted by Gasteiger charge is 1.96. The van der Waals surface area contributed by atoms with Crippen molar-refractivity contribution >= 4 is 0 Å². The first-order valence-electron chi connectivity index (χ1n) is 3.50. The Morgan fingerprint density at radius 2 is 2.30 bits per heavy atom. The number of nitrogens with one attached hydrogen (secondary N) is 1. The summed E-state index contributed by atoms with van der Waals surface area (Å²) in [5, 5.41) is 3.12. The Hall–Kier alpha value is -0.760. The van der Waals surface area contributed by atoms with Gasteiger partial charge >= 0.3 is 0 Å². The zero-order valence-electron chi connectivity index (χ0n) is 6.81. The third kappa shape index (κ3) is 1.39. The fourth-order valence-electron chi connectivity index (χ4n) is 1.15. The minimum Gasteiger partial charge on any atom is -0.353 e. The SMILES string of the molecule is CNCc1cc(C)cn1C. The third-order valence-corrected chi connectivity index (χ3v) is 1.60. The van der Waals surface area contributed by atoms with Crippen LogP contribution in [0.1, 0.15) is 11.3 Å². The van der Waals surface area contributed by atoms with Gasteiger partial charge in [-0.25, -0.2) is 0 Å². The Labute approximate surface area is 61.9 Å². The summed E-state index contributed by atoms with van der Waals surface area (Å²) in [4.78, 5) is 0. The summed E-state index contributed by atoms with van der Waals surface area (Å²) in [5.41, 5.74) is 2.66. The summed E-state index contributed by atoms with van der Waals surface area (Å²) in [5.74, 6) is 0. The number of aromatic nitrogens is 1. The Balaban J connectivity index is 2.81. The van der Waals surface area contributed by atoms with Gasteiger partial charge in [-0.1, -0.05) is 0 Å². The summed E-state index contributed by atoms with van der Waals surface area (Å²) in [6, 6.07) is 2.19. The lowest BCUT2D eigenvalue weighted by Crippen LogP contribution is -2.08. The Bertz CT molecular complexity index is 213. The lowest BCUT2D eigenvalue weighted by atomic mass is 10.3. The molecule has 10 heavy (non-hydrogen) atoms. The topological polar surface area (TPSA) is 17.0 Å². The van der Waals surface area contributed by atoms with Crippen LogP contribution in [0.4, 0.5) is 0 Å². The standard InChI is InChI=1S/C8H14N2/c1-7-4-8(5-9-2)10(3)6-7/h4,6,9H,5H2,1-3H3. The summed E-state index contributed by atoms with van der Waals surface area (Å²) >= 11 is 0. The summed E-state index contributed by atoms with van der Waals surface area (Å²) < 4.78 is 2.14. The van der Waals surface area contributed by atoms with Crippen LogP contribution in [0.15, 0.2) is 12.3 Å². The largest absolute Gasteiger partial charge is 0.353 e. The third-order valence-electron chi connectivity index (χ3n) is 1.60. The van der Waals surface area contributed by atoms with Crippen molar-refractivity contribution in [3.05, 3.63) is 23.5 Å². The van der Waals surface area contributed by atoms with Crippen LogP contribution < -0.4 is 5.32 Å². The second kappa shape index (κ2) is 2.88. The summed E-state index contributed by atoms with van der Waals surface area (Å²) in [6.45, 7) is 3.06. The van der Waals surface area contributed by atoms with Gasteiger partial charge in [0.05, 0.1) is 0 Å². The number of aryl methyl sites for hydroxylation is 2. The zero-order valence-corrected chi connectivity index (χ0v) is 6.81. The van der Waals surface area contributed by atoms with Crippen molar-refractivity contribution in [2.24, 2.45) is 7.05 Å². The van der Waals surface area contributed by atoms with Gasteiger partial charge in [0, 0.05) is 25.5 Å². The molecule has 0 aliphatic rings. The van der Waals surface area contributed by atoms with Crippen LogP contribution in [0.3, 0.4) is 0 Å². The van der Waals surface area contributed by atoms with Crippen molar-refractivity contribution in [2.45, 2.75) is 13.5 Å².